The molecule has 1 aromatic carbocycles. The second kappa shape index (κ2) is 5.38. The van der Waals surface area contributed by atoms with Gasteiger partial charge in [-0.3, -0.25) is 0 Å². The van der Waals surface area contributed by atoms with Crippen molar-refractivity contribution in [2.75, 3.05) is 18.5 Å². The van der Waals surface area contributed by atoms with Crippen molar-refractivity contribution >= 4 is 15.7 Å². The minimum Gasteiger partial charge on any atom is -0.490 e. The third kappa shape index (κ3) is 3.19. The van der Waals surface area contributed by atoms with E-state index in [1.807, 2.05) is 0 Å². The fourth-order valence-electron chi connectivity index (χ4n) is 1.93. The van der Waals surface area contributed by atoms with E-state index in [9.17, 15) is 8.42 Å². The number of hydrogen-bond acceptors (Lipinski definition) is 4. The topological polar surface area (TPSA) is 67.4 Å². The summed E-state index contributed by atoms with van der Waals surface area (Å²) < 4.78 is 32.8. The summed E-state index contributed by atoms with van der Waals surface area (Å²) >= 11 is 0. The van der Waals surface area contributed by atoms with Crippen LogP contribution in [0.1, 0.15) is 20.8 Å². The normalized spacial score (nSPS) is 21.4. The smallest absolute Gasteiger partial charge is 0.246 e. The van der Waals surface area contributed by atoms with Crippen LogP contribution in [-0.2, 0) is 10.0 Å². The van der Waals surface area contributed by atoms with Crippen molar-refractivity contribution in [1.82, 2.24) is 4.72 Å². The molecule has 0 unspecified atom stereocenters. The molecule has 0 saturated carbocycles. The molecule has 2 N–H and O–H groups in total. The molecule has 1 aliphatic heterocycles. The molecule has 0 saturated heterocycles. The maximum absolute atomic E-state index is 12.3. The molecule has 0 spiro atoms. The molecule has 0 aromatic heterocycles. The number of rotatable bonds is 3. The third-order valence-corrected chi connectivity index (χ3v) is 4.46. The lowest BCUT2D eigenvalue weighted by Gasteiger charge is -2.15. The van der Waals surface area contributed by atoms with E-state index >= 15 is 0 Å². The maximum atomic E-state index is 12.3. The molecule has 2 rings (SSSR count). The Bertz CT molecular complexity index is 555. The molecule has 6 heteroatoms. The van der Waals surface area contributed by atoms with Gasteiger partial charge in [-0.15, -0.1) is 0 Å². The lowest BCUT2D eigenvalue weighted by molar-refractivity contribution is 0.288. The molecule has 5 nitrogen and oxygen atoms in total. The molecule has 1 heterocycles. The average molecular weight is 284 g/mol. The van der Waals surface area contributed by atoms with Crippen LogP contribution < -0.4 is 14.8 Å². The monoisotopic (exact) mass is 284 g/mol. The second-order valence-corrected chi connectivity index (χ2v) is 6.89. The standard InChI is InChI=1S/C13H20N2O3S/c1-9(2)7-14-11-5-4-6-12-13(11)19(16,17)15-10(3)8-18-12/h4-6,9-10,14-15H,7-8H2,1-3H3/t10-/m1/s1. The van der Waals surface area contributed by atoms with Crippen molar-refractivity contribution in [2.24, 2.45) is 5.92 Å². The van der Waals surface area contributed by atoms with Crippen LogP contribution >= 0.6 is 0 Å². The Hall–Kier alpha value is -1.27. The molecular formula is C13H20N2O3S. The van der Waals surface area contributed by atoms with Gasteiger partial charge in [-0.2, -0.15) is 0 Å². The van der Waals surface area contributed by atoms with Gasteiger partial charge >= 0.3 is 0 Å². The van der Waals surface area contributed by atoms with Crippen LogP contribution in [0.5, 0.6) is 5.75 Å². The zero-order chi connectivity index (χ0) is 14.0. The Labute approximate surface area is 114 Å². The number of nitrogens with one attached hydrogen (secondary N) is 2. The van der Waals surface area contributed by atoms with Gasteiger partial charge in [-0.1, -0.05) is 19.9 Å². The van der Waals surface area contributed by atoms with Gasteiger partial charge in [0.1, 0.15) is 17.3 Å². The summed E-state index contributed by atoms with van der Waals surface area (Å²) in [5.74, 6) is 0.836. The SMILES string of the molecule is CC(C)CNc1cccc2c1S(=O)(=O)N[C@H](C)CO2. The fraction of sp³-hybridized carbons (Fsp3) is 0.538. The Balaban J connectivity index is 2.44. The number of hydrogen-bond donors (Lipinski definition) is 2. The van der Waals surface area contributed by atoms with E-state index in [4.69, 9.17) is 4.74 Å². The van der Waals surface area contributed by atoms with Crippen LogP contribution in [0.15, 0.2) is 23.1 Å². The van der Waals surface area contributed by atoms with Gasteiger partial charge in [-0.05, 0) is 25.0 Å². The summed E-state index contributed by atoms with van der Waals surface area (Å²) in [4.78, 5) is 0.208. The number of anilines is 1. The van der Waals surface area contributed by atoms with Crippen LogP contribution in [0.25, 0.3) is 0 Å². The van der Waals surface area contributed by atoms with Crippen molar-refractivity contribution in [2.45, 2.75) is 31.7 Å². The van der Waals surface area contributed by atoms with Gasteiger partial charge < -0.3 is 10.1 Å². The molecule has 1 aliphatic rings. The van der Waals surface area contributed by atoms with Gasteiger partial charge in [0.2, 0.25) is 10.0 Å². The van der Waals surface area contributed by atoms with E-state index < -0.39 is 10.0 Å². The molecule has 0 bridgehead atoms. The zero-order valence-electron chi connectivity index (χ0n) is 11.4. The first-order chi connectivity index (χ1) is 8.90. The van der Waals surface area contributed by atoms with Crippen molar-refractivity contribution in [3.63, 3.8) is 0 Å². The van der Waals surface area contributed by atoms with Gasteiger partial charge in [-0.25, -0.2) is 13.1 Å². The van der Waals surface area contributed by atoms with Crippen LogP contribution in [0.2, 0.25) is 0 Å². The molecule has 1 aromatic rings. The van der Waals surface area contributed by atoms with Crippen molar-refractivity contribution in [1.29, 1.82) is 0 Å². The summed E-state index contributed by atoms with van der Waals surface area (Å²) in [7, 11) is -3.54. The highest BCUT2D eigenvalue weighted by Gasteiger charge is 2.29. The van der Waals surface area contributed by atoms with E-state index in [2.05, 4.69) is 23.9 Å². The minimum atomic E-state index is -3.54. The highest BCUT2D eigenvalue weighted by atomic mass is 32.2. The molecule has 0 amide bonds. The molecule has 106 valence electrons. The van der Waals surface area contributed by atoms with E-state index in [0.717, 1.165) is 0 Å². The predicted molar refractivity (Wildman–Crippen MR) is 75.0 cm³/mol. The van der Waals surface area contributed by atoms with Gasteiger partial charge in [0.25, 0.3) is 0 Å². The third-order valence-electron chi connectivity index (χ3n) is 2.79. The first kappa shape index (κ1) is 14.1. The number of fused-ring (bicyclic) bond motifs is 1. The van der Waals surface area contributed by atoms with E-state index in [1.54, 1.807) is 25.1 Å². The average Bonchev–Trinajstić information content (AvgIpc) is 2.43. The van der Waals surface area contributed by atoms with Gasteiger partial charge in [0, 0.05) is 6.54 Å². The van der Waals surface area contributed by atoms with E-state index in [1.165, 1.54) is 0 Å². The van der Waals surface area contributed by atoms with E-state index in [0.29, 0.717) is 30.5 Å². The maximum Gasteiger partial charge on any atom is 0.246 e. The Kier molecular flexibility index (Phi) is 4.01. The number of benzene rings is 1. The summed E-state index contributed by atoms with van der Waals surface area (Å²) in [6.45, 7) is 6.96. The first-order valence-corrected chi connectivity index (χ1v) is 7.90. The van der Waals surface area contributed by atoms with Crippen molar-refractivity contribution < 1.29 is 13.2 Å². The summed E-state index contributed by atoms with van der Waals surface area (Å²) in [5.41, 5.74) is 0.591. The Morgan fingerprint density at radius 1 is 1.47 bits per heavy atom. The minimum absolute atomic E-state index is 0.208. The lowest BCUT2D eigenvalue weighted by Crippen LogP contribution is -2.34. The lowest BCUT2D eigenvalue weighted by atomic mass is 10.2. The summed E-state index contributed by atoms with van der Waals surface area (Å²) in [6, 6.07) is 5.01. The molecule has 19 heavy (non-hydrogen) atoms. The zero-order valence-corrected chi connectivity index (χ0v) is 12.3. The molecule has 0 fully saturated rings. The Morgan fingerprint density at radius 2 is 2.21 bits per heavy atom. The first-order valence-electron chi connectivity index (χ1n) is 6.42. The van der Waals surface area contributed by atoms with Crippen molar-refractivity contribution in [3.8, 4) is 5.75 Å². The summed E-state index contributed by atoms with van der Waals surface area (Å²) in [5, 5.41) is 3.17. The highest BCUT2D eigenvalue weighted by Crippen LogP contribution is 2.33. The summed E-state index contributed by atoms with van der Waals surface area (Å²) in [6.07, 6.45) is 0. The van der Waals surface area contributed by atoms with Crippen LogP contribution in [0.3, 0.4) is 0 Å². The predicted octanol–water partition coefficient (Wildman–Crippen LogP) is 1.81. The van der Waals surface area contributed by atoms with Gasteiger partial charge in [0.15, 0.2) is 0 Å². The second-order valence-electron chi connectivity index (χ2n) is 5.24. The molecular weight excluding hydrogens is 264 g/mol. The fourth-order valence-corrected chi connectivity index (χ4v) is 3.47. The van der Waals surface area contributed by atoms with Crippen LogP contribution in [-0.4, -0.2) is 27.6 Å². The quantitative estimate of drug-likeness (QED) is 0.888. The molecule has 1 atom stereocenters. The van der Waals surface area contributed by atoms with E-state index in [-0.39, 0.29) is 10.9 Å². The Morgan fingerprint density at radius 3 is 2.89 bits per heavy atom. The largest absolute Gasteiger partial charge is 0.490 e. The molecule has 0 aliphatic carbocycles. The van der Waals surface area contributed by atoms with Crippen LogP contribution in [0, 0.1) is 5.92 Å². The van der Waals surface area contributed by atoms with Crippen LogP contribution in [0.4, 0.5) is 5.69 Å². The highest BCUT2D eigenvalue weighted by molar-refractivity contribution is 7.89. The number of sulfonamides is 1. The van der Waals surface area contributed by atoms with Crippen molar-refractivity contribution in [3.05, 3.63) is 18.2 Å². The molecule has 0 radical (unpaired) electrons. The van der Waals surface area contributed by atoms with Gasteiger partial charge in [0.05, 0.1) is 11.7 Å². The number of ether oxygens (including phenoxy) is 1.